The number of para-hydroxylation sites is 1. The van der Waals surface area contributed by atoms with Crippen LogP contribution in [0.3, 0.4) is 0 Å². The van der Waals surface area contributed by atoms with Crippen molar-refractivity contribution < 1.29 is 4.79 Å². The van der Waals surface area contributed by atoms with Gasteiger partial charge in [-0.25, -0.2) is 0 Å². The van der Waals surface area contributed by atoms with Crippen LogP contribution in [0.1, 0.15) is 21.5 Å². The molecule has 120 valence electrons. The lowest BCUT2D eigenvalue weighted by molar-refractivity contribution is 0.0984. The van der Waals surface area contributed by atoms with E-state index in [0.29, 0.717) is 17.1 Å². The Balaban J connectivity index is 1.98. The second kappa shape index (κ2) is 7.28. The first kappa shape index (κ1) is 16.2. The zero-order chi connectivity index (χ0) is 16.9. The van der Waals surface area contributed by atoms with Crippen LogP contribution in [0.5, 0.6) is 0 Å². The molecule has 1 aromatic heterocycles. The fourth-order valence-corrected chi connectivity index (χ4v) is 2.65. The van der Waals surface area contributed by atoms with Crippen LogP contribution in [0.2, 0.25) is 5.02 Å². The van der Waals surface area contributed by atoms with E-state index in [9.17, 15) is 4.79 Å². The summed E-state index contributed by atoms with van der Waals surface area (Å²) in [7, 11) is 0. The third-order valence-electron chi connectivity index (χ3n) is 3.82. The van der Waals surface area contributed by atoms with Crippen molar-refractivity contribution in [3.05, 3.63) is 94.8 Å². The molecule has 3 nitrogen and oxygen atoms in total. The van der Waals surface area contributed by atoms with E-state index in [-0.39, 0.29) is 5.91 Å². The second-order valence-corrected chi connectivity index (χ2v) is 5.98. The van der Waals surface area contributed by atoms with Crippen LogP contribution in [-0.2, 0) is 6.54 Å². The summed E-state index contributed by atoms with van der Waals surface area (Å²) in [6.45, 7) is 2.37. The second-order valence-electron chi connectivity index (χ2n) is 5.54. The molecule has 1 heterocycles. The number of anilines is 1. The number of aromatic nitrogens is 1. The summed E-state index contributed by atoms with van der Waals surface area (Å²) >= 11 is 5.96. The number of carbonyl (C=O) groups is 1. The molecule has 0 bridgehead atoms. The molecule has 24 heavy (non-hydrogen) atoms. The van der Waals surface area contributed by atoms with Crippen molar-refractivity contribution in [3.63, 3.8) is 0 Å². The highest BCUT2D eigenvalue weighted by atomic mass is 35.5. The van der Waals surface area contributed by atoms with Gasteiger partial charge < -0.3 is 4.90 Å². The van der Waals surface area contributed by atoms with E-state index in [4.69, 9.17) is 11.6 Å². The Morgan fingerprint density at radius 2 is 1.75 bits per heavy atom. The molecule has 2 aromatic carbocycles. The van der Waals surface area contributed by atoms with Crippen LogP contribution >= 0.6 is 11.6 Å². The third kappa shape index (κ3) is 3.63. The van der Waals surface area contributed by atoms with Crippen LogP contribution < -0.4 is 4.90 Å². The quantitative estimate of drug-likeness (QED) is 0.679. The number of benzene rings is 2. The number of carbonyl (C=O) groups excluding carboxylic acids is 1. The molecule has 0 spiro atoms. The molecule has 0 saturated carbocycles. The summed E-state index contributed by atoms with van der Waals surface area (Å²) in [4.78, 5) is 18.9. The van der Waals surface area contributed by atoms with Crippen molar-refractivity contribution in [1.29, 1.82) is 0 Å². The first-order valence-corrected chi connectivity index (χ1v) is 8.05. The standard InChI is InChI=1S/C20H17ClN2O/c1-15-13-22-12-11-19(15)20(24)23(18-5-3-2-4-6-18)14-16-7-9-17(21)10-8-16/h2-13H,14H2,1H3. The van der Waals surface area contributed by atoms with E-state index in [1.165, 1.54) is 0 Å². The summed E-state index contributed by atoms with van der Waals surface area (Å²) in [5, 5.41) is 0.682. The lowest BCUT2D eigenvalue weighted by Crippen LogP contribution is -2.31. The Morgan fingerprint density at radius 3 is 2.42 bits per heavy atom. The molecule has 0 radical (unpaired) electrons. The average Bonchev–Trinajstić information content (AvgIpc) is 2.62. The van der Waals surface area contributed by atoms with Crippen LogP contribution in [0.25, 0.3) is 0 Å². The summed E-state index contributed by atoms with van der Waals surface area (Å²) < 4.78 is 0. The first-order valence-electron chi connectivity index (χ1n) is 7.67. The molecule has 0 saturated heterocycles. The van der Waals surface area contributed by atoms with Crippen molar-refractivity contribution in [1.82, 2.24) is 4.98 Å². The van der Waals surface area contributed by atoms with Gasteiger partial charge in [0.15, 0.2) is 0 Å². The van der Waals surface area contributed by atoms with Gasteiger partial charge in [-0.1, -0.05) is 41.9 Å². The van der Waals surface area contributed by atoms with Gasteiger partial charge in [-0.15, -0.1) is 0 Å². The minimum absolute atomic E-state index is 0.0453. The summed E-state index contributed by atoms with van der Waals surface area (Å²) in [5.74, 6) is -0.0453. The van der Waals surface area contributed by atoms with Crippen molar-refractivity contribution >= 4 is 23.2 Å². The molecular formula is C20H17ClN2O. The lowest BCUT2D eigenvalue weighted by atomic mass is 10.1. The highest BCUT2D eigenvalue weighted by Crippen LogP contribution is 2.22. The number of hydrogen-bond acceptors (Lipinski definition) is 2. The van der Waals surface area contributed by atoms with Crippen LogP contribution in [0.15, 0.2) is 73.1 Å². The molecule has 1 amide bonds. The molecule has 0 atom stereocenters. The Bertz CT molecular complexity index is 832. The Morgan fingerprint density at radius 1 is 1.04 bits per heavy atom. The molecule has 0 aliphatic carbocycles. The molecule has 0 fully saturated rings. The zero-order valence-electron chi connectivity index (χ0n) is 13.3. The number of nitrogens with zero attached hydrogens (tertiary/aromatic N) is 2. The largest absolute Gasteiger partial charge is 0.304 e. The monoisotopic (exact) mass is 336 g/mol. The lowest BCUT2D eigenvalue weighted by Gasteiger charge is -2.24. The predicted molar refractivity (Wildman–Crippen MR) is 97.4 cm³/mol. The first-order chi connectivity index (χ1) is 11.6. The number of amides is 1. The van der Waals surface area contributed by atoms with Gasteiger partial charge in [-0.2, -0.15) is 0 Å². The van der Waals surface area contributed by atoms with E-state index in [2.05, 4.69) is 4.98 Å². The molecule has 0 aliphatic heterocycles. The van der Waals surface area contributed by atoms with Crippen molar-refractivity contribution in [3.8, 4) is 0 Å². The highest BCUT2D eigenvalue weighted by Gasteiger charge is 2.19. The van der Waals surface area contributed by atoms with Gasteiger partial charge in [0.1, 0.15) is 0 Å². The number of hydrogen-bond donors (Lipinski definition) is 0. The topological polar surface area (TPSA) is 33.2 Å². The van der Waals surface area contributed by atoms with E-state index < -0.39 is 0 Å². The predicted octanol–water partition coefficient (Wildman–Crippen LogP) is 4.89. The number of rotatable bonds is 4. The van der Waals surface area contributed by atoms with Crippen molar-refractivity contribution in [2.24, 2.45) is 0 Å². The minimum atomic E-state index is -0.0453. The van der Waals surface area contributed by atoms with Gasteiger partial charge in [-0.05, 0) is 48.4 Å². The number of pyridine rings is 1. The van der Waals surface area contributed by atoms with Crippen LogP contribution in [0, 0.1) is 6.92 Å². The number of aryl methyl sites for hydroxylation is 1. The fourth-order valence-electron chi connectivity index (χ4n) is 2.52. The average molecular weight is 337 g/mol. The molecule has 0 unspecified atom stereocenters. The summed E-state index contributed by atoms with van der Waals surface area (Å²) in [6.07, 6.45) is 3.35. The fraction of sp³-hybridized carbons (Fsp3) is 0.100. The molecule has 4 heteroatoms. The third-order valence-corrected chi connectivity index (χ3v) is 4.07. The SMILES string of the molecule is Cc1cnccc1C(=O)N(Cc1ccc(Cl)cc1)c1ccccc1. The van der Waals surface area contributed by atoms with Gasteiger partial charge >= 0.3 is 0 Å². The van der Waals surface area contributed by atoms with Crippen molar-refractivity contribution in [2.45, 2.75) is 13.5 Å². The van der Waals surface area contributed by atoms with E-state index in [1.807, 2.05) is 61.5 Å². The zero-order valence-corrected chi connectivity index (χ0v) is 14.1. The molecule has 0 aliphatic rings. The van der Waals surface area contributed by atoms with Gasteiger partial charge in [0, 0.05) is 28.7 Å². The normalized spacial score (nSPS) is 10.4. The number of halogens is 1. The van der Waals surface area contributed by atoms with E-state index in [0.717, 1.165) is 16.8 Å². The minimum Gasteiger partial charge on any atom is -0.304 e. The van der Waals surface area contributed by atoms with Gasteiger partial charge in [0.05, 0.1) is 6.54 Å². The van der Waals surface area contributed by atoms with Crippen LogP contribution in [0.4, 0.5) is 5.69 Å². The van der Waals surface area contributed by atoms with E-state index >= 15 is 0 Å². The maximum absolute atomic E-state index is 13.1. The van der Waals surface area contributed by atoms with Gasteiger partial charge in [0.2, 0.25) is 0 Å². The molecule has 3 aromatic rings. The molecular weight excluding hydrogens is 320 g/mol. The maximum Gasteiger partial charge on any atom is 0.258 e. The Labute approximate surface area is 146 Å². The van der Waals surface area contributed by atoms with Gasteiger partial charge in [0.25, 0.3) is 5.91 Å². The Kier molecular flexibility index (Phi) is 4.92. The molecule has 0 N–H and O–H groups in total. The van der Waals surface area contributed by atoms with Crippen LogP contribution in [-0.4, -0.2) is 10.9 Å². The van der Waals surface area contributed by atoms with Gasteiger partial charge in [-0.3, -0.25) is 9.78 Å². The maximum atomic E-state index is 13.1. The summed E-state index contributed by atoms with van der Waals surface area (Å²) in [5.41, 5.74) is 3.39. The smallest absolute Gasteiger partial charge is 0.258 e. The Hall–Kier alpha value is -2.65. The molecule has 3 rings (SSSR count). The summed E-state index contributed by atoms with van der Waals surface area (Å²) in [6, 6.07) is 19.0. The van der Waals surface area contributed by atoms with E-state index in [1.54, 1.807) is 23.4 Å². The van der Waals surface area contributed by atoms with Crippen molar-refractivity contribution in [2.75, 3.05) is 4.90 Å². The highest BCUT2D eigenvalue weighted by molar-refractivity contribution is 6.30.